The summed E-state index contributed by atoms with van der Waals surface area (Å²) in [6, 6.07) is 19.2. The molecule has 9 heteroatoms. The SMILES string of the molecule is CCOc1ccc(NC(=O)C(=O)N/N=C\c2ccc(OCc3ccc(Cl)cc3)c(OC)c2)cc1. The topological polar surface area (TPSA) is 98.2 Å². The van der Waals surface area contributed by atoms with Gasteiger partial charge in [-0.05, 0) is 72.6 Å². The number of halogens is 1. The number of carbonyl (C=O) groups is 2. The van der Waals surface area contributed by atoms with Crippen LogP contribution in [0.25, 0.3) is 0 Å². The Kier molecular flexibility index (Phi) is 8.88. The lowest BCUT2D eigenvalue weighted by molar-refractivity contribution is -0.136. The van der Waals surface area contributed by atoms with Crippen molar-refractivity contribution in [1.29, 1.82) is 0 Å². The van der Waals surface area contributed by atoms with Crippen molar-refractivity contribution in [2.75, 3.05) is 19.0 Å². The number of ether oxygens (including phenoxy) is 3. The standard InChI is InChI=1S/C25H24ClN3O5/c1-3-33-21-11-9-20(10-12-21)28-24(30)25(31)29-27-15-18-6-13-22(23(14-18)32-2)34-16-17-4-7-19(26)8-5-17/h4-15H,3,16H2,1-2H3,(H,28,30)(H,29,31)/b27-15-. The number of carbonyl (C=O) groups excluding carboxylic acids is 2. The van der Waals surface area contributed by atoms with E-state index in [1.54, 1.807) is 54.6 Å². The minimum atomic E-state index is -0.903. The predicted octanol–water partition coefficient (Wildman–Crippen LogP) is 4.42. The fourth-order valence-corrected chi connectivity index (χ4v) is 2.96. The maximum atomic E-state index is 12.0. The Bertz CT molecular complexity index is 1150. The Hall–Kier alpha value is -4.04. The van der Waals surface area contributed by atoms with Crippen molar-refractivity contribution in [3.63, 3.8) is 0 Å². The Morgan fingerprint density at radius 2 is 1.68 bits per heavy atom. The lowest BCUT2D eigenvalue weighted by Crippen LogP contribution is -2.32. The van der Waals surface area contributed by atoms with E-state index in [0.29, 0.717) is 46.7 Å². The van der Waals surface area contributed by atoms with Gasteiger partial charge in [0.15, 0.2) is 11.5 Å². The van der Waals surface area contributed by atoms with Crippen LogP contribution < -0.4 is 25.0 Å². The van der Waals surface area contributed by atoms with Crippen LogP contribution in [0.1, 0.15) is 18.1 Å². The number of hydrazone groups is 1. The van der Waals surface area contributed by atoms with Crippen LogP contribution in [0.15, 0.2) is 71.8 Å². The summed E-state index contributed by atoms with van der Waals surface area (Å²) in [5.74, 6) is -0.0258. The van der Waals surface area contributed by atoms with Crippen molar-refractivity contribution < 1.29 is 23.8 Å². The van der Waals surface area contributed by atoms with Gasteiger partial charge in [0.25, 0.3) is 0 Å². The lowest BCUT2D eigenvalue weighted by Gasteiger charge is -2.11. The van der Waals surface area contributed by atoms with Crippen molar-refractivity contribution >= 4 is 35.3 Å². The molecule has 0 spiro atoms. The molecule has 3 rings (SSSR count). The Labute approximate surface area is 202 Å². The molecule has 0 fully saturated rings. The van der Waals surface area contributed by atoms with Gasteiger partial charge in [-0.2, -0.15) is 5.10 Å². The first-order valence-electron chi connectivity index (χ1n) is 10.4. The molecule has 0 saturated heterocycles. The highest BCUT2D eigenvalue weighted by Gasteiger charge is 2.13. The molecule has 2 amide bonds. The van der Waals surface area contributed by atoms with Crippen LogP contribution in [-0.4, -0.2) is 31.7 Å². The summed E-state index contributed by atoms with van der Waals surface area (Å²) in [7, 11) is 1.53. The van der Waals surface area contributed by atoms with Gasteiger partial charge < -0.3 is 19.5 Å². The van der Waals surface area contributed by atoms with Gasteiger partial charge in [-0.25, -0.2) is 5.43 Å². The van der Waals surface area contributed by atoms with E-state index in [4.69, 9.17) is 25.8 Å². The largest absolute Gasteiger partial charge is 0.494 e. The first-order chi connectivity index (χ1) is 16.5. The molecule has 34 heavy (non-hydrogen) atoms. The molecular weight excluding hydrogens is 458 g/mol. The van der Waals surface area contributed by atoms with Gasteiger partial charge in [-0.15, -0.1) is 0 Å². The summed E-state index contributed by atoms with van der Waals surface area (Å²) in [5, 5.41) is 6.99. The molecule has 0 saturated carbocycles. The van der Waals surface area contributed by atoms with Gasteiger partial charge in [-0.1, -0.05) is 23.7 Å². The van der Waals surface area contributed by atoms with Crippen molar-refractivity contribution in [1.82, 2.24) is 5.43 Å². The minimum Gasteiger partial charge on any atom is -0.494 e. The number of benzene rings is 3. The molecule has 0 radical (unpaired) electrons. The number of hydrogen-bond donors (Lipinski definition) is 2. The normalized spacial score (nSPS) is 10.6. The number of hydrogen-bond acceptors (Lipinski definition) is 6. The second kappa shape index (κ2) is 12.3. The summed E-state index contributed by atoms with van der Waals surface area (Å²) >= 11 is 5.90. The van der Waals surface area contributed by atoms with Crippen LogP contribution in [0, 0.1) is 0 Å². The molecule has 0 bridgehead atoms. The van der Waals surface area contributed by atoms with Gasteiger partial charge >= 0.3 is 11.8 Å². The van der Waals surface area contributed by atoms with Crippen molar-refractivity contribution in [3.05, 3.63) is 82.9 Å². The van der Waals surface area contributed by atoms with Crippen LogP contribution in [-0.2, 0) is 16.2 Å². The molecule has 0 aliphatic carbocycles. The third-order valence-electron chi connectivity index (χ3n) is 4.50. The van der Waals surface area contributed by atoms with Gasteiger partial charge in [-0.3, -0.25) is 9.59 Å². The van der Waals surface area contributed by atoms with E-state index in [0.717, 1.165) is 5.56 Å². The molecule has 3 aromatic rings. The molecule has 176 valence electrons. The number of nitrogens with one attached hydrogen (secondary N) is 2. The zero-order valence-electron chi connectivity index (χ0n) is 18.7. The first kappa shape index (κ1) is 24.6. The molecule has 3 aromatic carbocycles. The average molecular weight is 482 g/mol. The number of anilines is 1. The highest BCUT2D eigenvalue weighted by molar-refractivity contribution is 6.39. The van der Waals surface area contributed by atoms with E-state index in [1.165, 1.54) is 13.3 Å². The fraction of sp³-hybridized carbons (Fsp3) is 0.160. The van der Waals surface area contributed by atoms with E-state index in [9.17, 15) is 9.59 Å². The van der Waals surface area contributed by atoms with Crippen LogP contribution in [0.4, 0.5) is 5.69 Å². The Morgan fingerprint density at radius 3 is 2.35 bits per heavy atom. The first-order valence-corrected chi connectivity index (χ1v) is 10.8. The van der Waals surface area contributed by atoms with Crippen LogP contribution in [0.5, 0.6) is 17.2 Å². The quantitative estimate of drug-likeness (QED) is 0.268. The molecule has 8 nitrogen and oxygen atoms in total. The Balaban J connectivity index is 1.53. The second-order valence-corrected chi connectivity index (χ2v) is 7.37. The predicted molar refractivity (Wildman–Crippen MR) is 131 cm³/mol. The molecule has 0 heterocycles. The maximum absolute atomic E-state index is 12.0. The lowest BCUT2D eigenvalue weighted by atomic mass is 10.2. The zero-order chi connectivity index (χ0) is 24.3. The van der Waals surface area contributed by atoms with E-state index >= 15 is 0 Å². The zero-order valence-corrected chi connectivity index (χ0v) is 19.5. The smallest absolute Gasteiger partial charge is 0.329 e. The Morgan fingerprint density at radius 1 is 0.941 bits per heavy atom. The molecular formula is C25H24ClN3O5. The summed E-state index contributed by atoms with van der Waals surface area (Å²) in [5.41, 5.74) is 4.26. The summed E-state index contributed by atoms with van der Waals surface area (Å²) in [6.45, 7) is 2.76. The van der Waals surface area contributed by atoms with E-state index in [1.807, 2.05) is 19.1 Å². The van der Waals surface area contributed by atoms with Crippen molar-refractivity contribution in [3.8, 4) is 17.2 Å². The van der Waals surface area contributed by atoms with Gasteiger partial charge in [0.1, 0.15) is 12.4 Å². The van der Waals surface area contributed by atoms with Gasteiger partial charge in [0, 0.05) is 10.7 Å². The highest BCUT2D eigenvalue weighted by atomic mass is 35.5. The molecule has 0 unspecified atom stereocenters. The molecule has 0 aliphatic rings. The molecule has 0 atom stereocenters. The van der Waals surface area contributed by atoms with Crippen LogP contribution >= 0.6 is 11.6 Å². The number of amides is 2. The van der Waals surface area contributed by atoms with Crippen LogP contribution in [0.3, 0.4) is 0 Å². The van der Waals surface area contributed by atoms with Crippen molar-refractivity contribution in [2.45, 2.75) is 13.5 Å². The second-order valence-electron chi connectivity index (χ2n) is 6.94. The van der Waals surface area contributed by atoms with E-state index < -0.39 is 11.8 Å². The van der Waals surface area contributed by atoms with Gasteiger partial charge in [0.2, 0.25) is 0 Å². The molecule has 0 aliphatic heterocycles. The summed E-state index contributed by atoms with van der Waals surface area (Å²) < 4.78 is 16.5. The van der Waals surface area contributed by atoms with Crippen molar-refractivity contribution in [2.24, 2.45) is 5.10 Å². The summed E-state index contributed by atoms with van der Waals surface area (Å²) in [4.78, 5) is 24.1. The average Bonchev–Trinajstić information content (AvgIpc) is 2.85. The molecule has 0 aromatic heterocycles. The van der Waals surface area contributed by atoms with Crippen LogP contribution in [0.2, 0.25) is 5.02 Å². The minimum absolute atomic E-state index is 0.348. The third-order valence-corrected chi connectivity index (χ3v) is 4.76. The number of rotatable bonds is 9. The molecule has 2 N–H and O–H groups in total. The number of methoxy groups -OCH3 is 1. The monoisotopic (exact) mass is 481 g/mol. The maximum Gasteiger partial charge on any atom is 0.329 e. The van der Waals surface area contributed by atoms with E-state index in [-0.39, 0.29) is 0 Å². The fourth-order valence-electron chi connectivity index (χ4n) is 2.83. The summed E-state index contributed by atoms with van der Waals surface area (Å²) in [6.07, 6.45) is 1.40. The third kappa shape index (κ3) is 7.25. The number of nitrogens with zero attached hydrogens (tertiary/aromatic N) is 1. The van der Waals surface area contributed by atoms with Gasteiger partial charge in [0.05, 0.1) is 19.9 Å². The van der Waals surface area contributed by atoms with E-state index in [2.05, 4.69) is 15.8 Å². The highest BCUT2D eigenvalue weighted by Crippen LogP contribution is 2.28.